The molecule has 0 radical (unpaired) electrons. The largest absolute Gasteiger partial charge is 1.00 e. The molecule has 35 heavy (non-hydrogen) atoms. The third kappa shape index (κ3) is 3.50. The maximum atomic E-state index is 12.6. The molecule has 2 aromatic heterocycles. The molecule has 0 aliphatic carbocycles. The SMILES string of the molecule is [Li+].[O-]c1ccc(-c2c3ccccc3cc3ccc(-c4nc5ccccc5s4)cc23)c2ccc[nH+]c12. The van der Waals surface area contributed by atoms with Gasteiger partial charge in [0.1, 0.15) is 5.01 Å². The van der Waals surface area contributed by atoms with Crippen LogP contribution >= 0.6 is 11.3 Å². The molecule has 0 saturated heterocycles. The Morgan fingerprint density at radius 3 is 2.43 bits per heavy atom. The fourth-order valence-electron chi connectivity index (χ4n) is 4.90. The van der Waals surface area contributed by atoms with Gasteiger partial charge in [0.15, 0.2) is 6.20 Å². The standard InChI is InChI=1S/C30H18N2OS.Li/c33-26-14-13-22(23-8-5-15-31-29(23)26)28-21-7-2-1-6-18(21)16-19-11-12-20(17-24(19)28)30-32-25-9-3-4-10-27(25)34-30;/h1-17,33H;/q;+1. The van der Waals surface area contributed by atoms with Gasteiger partial charge in [-0.2, -0.15) is 0 Å². The zero-order valence-electron chi connectivity index (χ0n) is 19.1. The van der Waals surface area contributed by atoms with Gasteiger partial charge in [-0.1, -0.05) is 60.7 Å². The minimum absolute atomic E-state index is 0. The fraction of sp³-hybridized carbons (Fsp3) is 0. The van der Waals surface area contributed by atoms with Gasteiger partial charge in [-0.15, -0.1) is 11.3 Å². The molecule has 0 aliphatic rings. The molecule has 5 aromatic carbocycles. The Morgan fingerprint density at radius 2 is 1.51 bits per heavy atom. The normalized spacial score (nSPS) is 11.3. The van der Waals surface area contributed by atoms with Crippen LogP contribution in [0.1, 0.15) is 0 Å². The smallest absolute Gasteiger partial charge is 0.868 e. The molecule has 0 spiro atoms. The van der Waals surface area contributed by atoms with Crippen LogP contribution < -0.4 is 29.0 Å². The quantitative estimate of drug-likeness (QED) is 0.289. The molecule has 7 rings (SSSR count). The van der Waals surface area contributed by atoms with Crippen LogP contribution in [-0.2, 0) is 0 Å². The molecule has 0 atom stereocenters. The van der Waals surface area contributed by atoms with Gasteiger partial charge in [0, 0.05) is 11.6 Å². The van der Waals surface area contributed by atoms with Crippen molar-refractivity contribution in [1.29, 1.82) is 0 Å². The first kappa shape index (κ1) is 21.8. The van der Waals surface area contributed by atoms with E-state index < -0.39 is 0 Å². The average Bonchev–Trinajstić information content (AvgIpc) is 3.32. The van der Waals surface area contributed by atoms with Crippen LogP contribution in [0.3, 0.4) is 0 Å². The van der Waals surface area contributed by atoms with Crippen molar-refractivity contribution >= 4 is 54.0 Å². The van der Waals surface area contributed by atoms with Gasteiger partial charge in [0.2, 0.25) is 5.52 Å². The number of pyridine rings is 1. The number of hydrogen-bond donors (Lipinski definition) is 0. The molecule has 0 bridgehead atoms. The number of benzene rings is 5. The van der Waals surface area contributed by atoms with Crippen molar-refractivity contribution in [3.8, 4) is 27.4 Å². The Labute approximate surface area is 217 Å². The molecule has 0 amide bonds. The van der Waals surface area contributed by atoms with Crippen molar-refractivity contribution in [1.82, 2.24) is 4.98 Å². The fourth-order valence-corrected chi connectivity index (χ4v) is 5.86. The van der Waals surface area contributed by atoms with E-state index in [0.717, 1.165) is 43.4 Å². The summed E-state index contributed by atoms with van der Waals surface area (Å²) < 4.78 is 1.18. The van der Waals surface area contributed by atoms with E-state index in [4.69, 9.17) is 4.98 Å². The monoisotopic (exact) mass is 461 g/mol. The Hall–Kier alpha value is -3.68. The third-order valence-electron chi connectivity index (χ3n) is 6.47. The topological polar surface area (TPSA) is 50.1 Å². The Morgan fingerprint density at radius 1 is 0.714 bits per heavy atom. The van der Waals surface area contributed by atoms with E-state index in [0.29, 0.717) is 5.52 Å². The van der Waals surface area contributed by atoms with Crippen LogP contribution in [-0.4, -0.2) is 4.98 Å². The number of fused-ring (bicyclic) bond motifs is 4. The summed E-state index contributed by atoms with van der Waals surface area (Å²) in [6.45, 7) is 0. The number of aromatic nitrogens is 2. The molecular weight excluding hydrogens is 443 g/mol. The maximum absolute atomic E-state index is 12.6. The predicted molar refractivity (Wildman–Crippen MR) is 139 cm³/mol. The maximum Gasteiger partial charge on any atom is 1.00 e. The first-order valence-electron chi connectivity index (χ1n) is 11.2. The third-order valence-corrected chi connectivity index (χ3v) is 7.55. The summed E-state index contributed by atoms with van der Waals surface area (Å²) in [6.07, 6.45) is 1.81. The van der Waals surface area contributed by atoms with Crippen molar-refractivity contribution in [3.05, 3.63) is 103 Å². The predicted octanol–water partition coefficient (Wildman–Crippen LogP) is 3.98. The van der Waals surface area contributed by atoms with Gasteiger partial charge >= 0.3 is 18.9 Å². The van der Waals surface area contributed by atoms with Crippen LogP contribution in [0, 0.1) is 0 Å². The van der Waals surface area contributed by atoms with Crippen molar-refractivity contribution in [2.75, 3.05) is 0 Å². The molecule has 0 unspecified atom stereocenters. The molecule has 160 valence electrons. The van der Waals surface area contributed by atoms with Gasteiger partial charge in [-0.25, -0.2) is 9.97 Å². The molecule has 5 heteroatoms. The Kier molecular flexibility index (Phi) is 5.31. The number of nitrogens with one attached hydrogen (secondary N) is 1. The number of rotatable bonds is 2. The summed E-state index contributed by atoms with van der Waals surface area (Å²) in [7, 11) is 0. The van der Waals surface area contributed by atoms with Crippen LogP contribution in [0.2, 0.25) is 0 Å². The van der Waals surface area contributed by atoms with E-state index in [2.05, 4.69) is 71.7 Å². The molecule has 7 aromatic rings. The van der Waals surface area contributed by atoms with Crippen LogP contribution in [0.25, 0.3) is 64.4 Å². The van der Waals surface area contributed by atoms with E-state index in [1.807, 2.05) is 24.3 Å². The molecule has 0 saturated carbocycles. The number of thiazole rings is 1. The summed E-state index contributed by atoms with van der Waals surface area (Å²) in [5.74, 6) is -0.000873. The van der Waals surface area contributed by atoms with E-state index in [-0.39, 0.29) is 24.6 Å². The molecule has 0 fully saturated rings. The molecule has 0 aliphatic heterocycles. The molecule has 1 N–H and O–H groups in total. The number of H-pyrrole nitrogens is 1. The number of aromatic amines is 1. The van der Waals surface area contributed by atoms with E-state index in [1.54, 1.807) is 23.6 Å². The molecule has 3 nitrogen and oxygen atoms in total. The van der Waals surface area contributed by atoms with Crippen molar-refractivity contribution in [2.45, 2.75) is 0 Å². The zero-order valence-corrected chi connectivity index (χ0v) is 19.9. The first-order valence-corrected chi connectivity index (χ1v) is 12.0. The van der Waals surface area contributed by atoms with E-state index in [1.165, 1.54) is 15.5 Å². The van der Waals surface area contributed by atoms with Crippen LogP contribution in [0.5, 0.6) is 5.75 Å². The van der Waals surface area contributed by atoms with Gasteiger partial charge in [-0.05, 0) is 68.8 Å². The Balaban J connectivity index is 0.00000229. The van der Waals surface area contributed by atoms with Gasteiger partial charge in [-0.3, -0.25) is 0 Å². The second-order valence-electron chi connectivity index (χ2n) is 8.47. The molecular formula is C30H18LiN2OS+. The number of para-hydroxylation sites is 1. The summed E-state index contributed by atoms with van der Waals surface area (Å²) in [6, 6.07) is 33.1. The summed E-state index contributed by atoms with van der Waals surface area (Å²) in [4.78, 5) is 8.04. The van der Waals surface area contributed by atoms with Crippen LogP contribution in [0.4, 0.5) is 0 Å². The minimum Gasteiger partial charge on any atom is -0.868 e. The van der Waals surface area contributed by atoms with Crippen molar-refractivity contribution in [2.24, 2.45) is 0 Å². The summed E-state index contributed by atoms with van der Waals surface area (Å²) >= 11 is 1.71. The number of nitrogens with zero attached hydrogens (tertiary/aromatic N) is 1. The van der Waals surface area contributed by atoms with E-state index >= 15 is 0 Å². The second kappa shape index (κ2) is 8.52. The second-order valence-corrected chi connectivity index (χ2v) is 9.50. The molecule has 2 heterocycles. The van der Waals surface area contributed by atoms with Gasteiger partial charge in [0.05, 0.1) is 15.6 Å². The Bertz CT molecular complexity index is 1860. The van der Waals surface area contributed by atoms with Crippen molar-refractivity contribution < 1.29 is 29.0 Å². The first-order chi connectivity index (χ1) is 16.8. The summed E-state index contributed by atoms with van der Waals surface area (Å²) in [5, 5.41) is 19.2. The minimum atomic E-state index is -0.000873. The van der Waals surface area contributed by atoms with Gasteiger partial charge < -0.3 is 5.11 Å². The average molecular weight is 461 g/mol. The number of hydrogen-bond acceptors (Lipinski definition) is 3. The summed E-state index contributed by atoms with van der Waals surface area (Å²) in [5.41, 5.74) is 4.94. The van der Waals surface area contributed by atoms with Crippen molar-refractivity contribution in [3.63, 3.8) is 0 Å². The van der Waals surface area contributed by atoms with Crippen LogP contribution in [0.15, 0.2) is 103 Å². The van der Waals surface area contributed by atoms with E-state index in [9.17, 15) is 5.11 Å². The zero-order chi connectivity index (χ0) is 22.6. The van der Waals surface area contributed by atoms with Gasteiger partial charge in [0.25, 0.3) is 0 Å².